The fourth-order valence-corrected chi connectivity index (χ4v) is 5.94. The summed E-state index contributed by atoms with van der Waals surface area (Å²) in [7, 11) is -1.89. The lowest BCUT2D eigenvalue weighted by Crippen LogP contribution is -2.43. The van der Waals surface area contributed by atoms with E-state index in [0.717, 1.165) is 55.0 Å². The Bertz CT molecular complexity index is 1540. The number of fused-ring (bicyclic) bond motifs is 4. The zero-order chi connectivity index (χ0) is 25.9. The summed E-state index contributed by atoms with van der Waals surface area (Å²) in [5, 5.41) is 4.04. The van der Waals surface area contributed by atoms with Crippen molar-refractivity contribution in [3.63, 3.8) is 0 Å². The van der Waals surface area contributed by atoms with E-state index in [9.17, 15) is 13.2 Å². The first-order valence-electron chi connectivity index (χ1n) is 12.4. The molecule has 6 rings (SSSR count). The van der Waals surface area contributed by atoms with Crippen LogP contribution in [0.1, 0.15) is 37.7 Å². The third kappa shape index (κ3) is 4.56. The number of hydrogen-bond acceptors (Lipinski definition) is 7. The van der Waals surface area contributed by atoms with Crippen LogP contribution < -0.4 is 19.7 Å². The zero-order valence-electron chi connectivity index (χ0n) is 21.1. The zero-order valence-corrected chi connectivity index (χ0v) is 22.7. The van der Waals surface area contributed by atoms with Gasteiger partial charge in [0.05, 0.1) is 29.1 Å². The molecule has 1 spiro atoms. The molecular formula is C26H29ClFN5O4S. The smallest absolute Gasteiger partial charge is 0.238 e. The van der Waals surface area contributed by atoms with Crippen LogP contribution in [0.5, 0.6) is 5.88 Å². The molecule has 2 fully saturated rings. The maximum atomic E-state index is 15.4. The van der Waals surface area contributed by atoms with Crippen LogP contribution in [0.3, 0.4) is 0 Å². The average Bonchev–Trinajstić information content (AvgIpc) is 3.61. The molecule has 1 amide bonds. The molecule has 2 aliphatic carbocycles. The van der Waals surface area contributed by atoms with Gasteiger partial charge < -0.3 is 15.0 Å². The molecule has 0 saturated heterocycles. The monoisotopic (exact) mass is 561 g/mol. The maximum Gasteiger partial charge on any atom is 0.238 e. The number of pyridine rings is 2. The third-order valence-electron chi connectivity index (χ3n) is 7.51. The summed E-state index contributed by atoms with van der Waals surface area (Å²) in [6, 6.07) is 5.10. The molecule has 3 aliphatic rings. The number of sulfonamides is 1. The first-order chi connectivity index (χ1) is 17.7. The Balaban J connectivity index is 0.00000294. The highest BCUT2D eigenvalue weighted by Crippen LogP contribution is 2.55. The number of amides is 1. The number of likely N-dealkylation sites (N-methyl/N-ethyl adjacent to an activating group) is 1. The molecule has 9 nitrogen and oxygen atoms in total. The molecule has 1 aliphatic heterocycles. The van der Waals surface area contributed by atoms with E-state index in [1.165, 1.54) is 18.3 Å². The number of nitrogens with one attached hydrogen (secondary N) is 2. The molecule has 0 atom stereocenters. The second kappa shape index (κ2) is 9.62. The summed E-state index contributed by atoms with van der Waals surface area (Å²) < 4.78 is 47.6. The second-order valence-corrected chi connectivity index (χ2v) is 11.9. The van der Waals surface area contributed by atoms with Crippen LogP contribution in [0.2, 0.25) is 0 Å². The Morgan fingerprint density at radius 1 is 1.18 bits per heavy atom. The largest absolute Gasteiger partial charge is 0.475 e. The van der Waals surface area contributed by atoms with E-state index in [1.807, 2.05) is 0 Å². The molecule has 2 N–H and O–H groups in total. The lowest BCUT2D eigenvalue weighted by molar-refractivity contribution is -0.125. The van der Waals surface area contributed by atoms with Crippen LogP contribution in [0.25, 0.3) is 22.0 Å². The van der Waals surface area contributed by atoms with Crippen LogP contribution in [0.15, 0.2) is 30.6 Å². The highest BCUT2D eigenvalue weighted by molar-refractivity contribution is 7.92. The van der Waals surface area contributed by atoms with Crippen molar-refractivity contribution in [3.8, 4) is 17.0 Å². The van der Waals surface area contributed by atoms with Crippen molar-refractivity contribution in [1.29, 1.82) is 0 Å². The summed E-state index contributed by atoms with van der Waals surface area (Å²) in [5.74, 6) is -0.348. The van der Waals surface area contributed by atoms with Crippen molar-refractivity contribution in [1.82, 2.24) is 15.3 Å². The van der Waals surface area contributed by atoms with E-state index in [4.69, 9.17) is 4.74 Å². The predicted octanol–water partition coefficient (Wildman–Crippen LogP) is 3.76. The number of nitrogens with zero attached hydrogens (tertiary/aromatic N) is 3. The number of hydrogen-bond donors (Lipinski definition) is 2. The van der Waals surface area contributed by atoms with Gasteiger partial charge in [0.25, 0.3) is 0 Å². The predicted molar refractivity (Wildman–Crippen MR) is 146 cm³/mol. The summed E-state index contributed by atoms with van der Waals surface area (Å²) in [6.07, 6.45) is 8.90. The van der Waals surface area contributed by atoms with Gasteiger partial charge in [0, 0.05) is 54.0 Å². The number of rotatable bonds is 8. The van der Waals surface area contributed by atoms with Gasteiger partial charge in [-0.1, -0.05) is 6.42 Å². The van der Waals surface area contributed by atoms with Crippen LogP contribution in [0.4, 0.5) is 15.8 Å². The number of halogens is 2. The Morgan fingerprint density at radius 3 is 2.61 bits per heavy atom. The highest BCUT2D eigenvalue weighted by Gasteiger charge is 2.54. The molecule has 3 heterocycles. The number of carbonyl (C=O) groups excluding carboxylic acids is 1. The topological polar surface area (TPSA) is 114 Å². The van der Waals surface area contributed by atoms with Gasteiger partial charge in [0.2, 0.25) is 21.8 Å². The van der Waals surface area contributed by atoms with E-state index < -0.39 is 21.3 Å². The lowest BCUT2D eigenvalue weighted by Gasteiger charge is -2.37. The minimum atomic E-state index is -3.64. The van der Waals surface area contributed by atoms with Crippen LogP contribution >= 0.6 is 12.4 Å². The number of aromatic nitrogens is 2. The standard InChI is InChI=1S/C26H28FN5O4S.ClH/c1-32-22-14-29-20-12-19(27)17(11-18(20)23(22)26(25(32)33)6-3-7-26)15-10-21(31-37(2,34)35)24(30-13-15)36-9-8-28-16-4-5-16;/h10-14,16,28,31H,3-9H2,1-2H3;1H. The van der Waals surface area contributed by atoms with Gasteiger partial charge in [0.15, 0.2) is 0 Å². The van der Waals surface area contributed by atoms with Crippen LogP contribution in [-0.4, -0.2) is 56.8 Å². The Kier molecular flexibility index (Phi) is 6.73. The first-order valence-corrected chi connectivity index (χ1v) is 14.3. The maximum absolute atomic E-state index is 15.4. The van der Waals surface area contributed by atoms with Gasteiger partial charge in [-0.15, -0.1) is 12.4 Å². The van der Waals surface area contributed by atoms with Crippen LogP contribution in [0, 0.1) is 5.82 Å². The molecule has 0 radical (unpaired) electrons. The van der Waals surface area contributed by atoms with Crippen molar-refractivity contribution in [3.05, 3.63) is 42.0 Å². The average molecular weight is 562 g/mol. The van der Waals surface area contributed by atoms with Gasteiger partial charge in [-0.25, -0.2) is 17.8 Å². The van der Waals surface area contributed by atoms with Crippen molar-refractivity contribution >= 4 is 50.6 Å². The molecule has 1 aromatic carbocycles. The first kappa shape index (κ1) is 26.6. The van der Waals surface area contributed by atoms with Gasteiger partial charge in [-0.2, -0.15) is 0 Å². The van der Waals surface area contributed by atoms with Gasteiger partial charge in [0.1, 0.15) is 18.1 Å². The van der Waals surface area contributed by atoms with Gasteiger partial charge in [-0.05, 0) is 37.8 Å². The van der Waals surface area contributed by atoms with E-state index in [2.05, 4.69) is 20.0 Å². The molecule has 38 heavy (non-hydrogen) atoms. The van der Waals surface area contributed by atoms with Crippen molar-refractivity contribution < 1.29 is 22.3 Å². The summed E-state index contributed by atoms with van der Waals surface area (Å²) in [4.78, 5) is 23.5. The molecule has 2 saturated carbocycles. The quantitative estimate of drug-likeness (QED) is 0.403. The molecule has 3 aromatic rings. The fourth-order valence-electron chi connectivity index (χ4n) is 5.40. The fraction of sp³-hybridized carbons (Fsp3) is 0.423. The number of carbonyl (C=O) groups is 1. The van der Waals surface area contributed by atoms with E-state index in [1.54, 1.807) is 24.2 Å². The number of anilines is 2. The minimum absolute atomic E-state index is 0. The summed E-state index contributed by atoms with van der Waals surface area (Å²) in [6.45, 7) is 0.922. The normalized spacial score (nSPS) is 17.8. The van der Waals surface area contributed by atoms with Gasteiger partial charge >= 0.3 is 0 Å². The van der Waals surface area contributed by atoms with E-state index in [-0.39, 0.29) is 35.4 Å². The van der Waals surface area contributed by atoms with E-state index in [0.29, 0.717) is 30.3 Å². The highest BCUT2D eigenvalue weighted by atomic mass is 35.5. The summed E-state index contributed by atoms with van der Waals surface area (Å²) in [5.41, 5.74) is 2.28. The SMILES string of the molecule is CN1C(=O)C2(CCC2)c2c1cnc1cc(F)c(-c3cnc(OCCNC4CC4)c(NS(C)(=O)=O)c3)cc21.Cl. The van der Waals surface area contributed by atoms with Crippen molar-refractivity contribution in [2.75, 3.05) is 36.1 Å². The van der Waals surface area contributed by atoms with E-state index >= 15 is 4.39 Å². The van der Waals surface area contributed by atoms with Crippen molar-refractivity contribution in [2.24, 2.45) is 0 Å². The molecule has 12 heteroatoms. The molecule has 202 valence electrons. The minimum Gasteiger partial charge on any atom is -0.475 e. The third-order valence-corrected chi connectivity index (χ3v) is 8.10. The molecule has 2 aromatic heterocycles. The summed E-state index contributed by atoms with van der Waals surface area (Å²) >= 11 is 0. The Hall–Kier alpha value is -3.02. The van der Waals surface area contributed by atoms with Crippen LogP contribution in [-0.2, 0) is 20.2 Å². The lowest BCUT2D eigenvalue weighted by atomic mass is 9.64. The van der Waals surface area contributed by atoms with Crippen molar-refractivity contribution in [2.45, 2.75) is 43.6 Å². The number of benzene rings is 1. The molecular weight excluding hydrogens is 533 g/mol. The number of ether oxygens (including phenoxy) is 1. The van der Waals surface area contributed by atoms with Gasteiger partial charge in [-0.3, -0.25) is 14.5 Å². The Labute approximate surface area is 226 Å². The molecule has 0 bridgehead atoms. The second-order valence-electron chi connectivity index (χ2n) is 10.2. The Morgan fingerprint density at radius 2 is 1.95 bits per heavy atom. The molecule has 0 unspecified atom stereocenters.